The van der Waals surface area contributed by atoms with Crippen molar-refractivity contribution in [3.05, 3.63) is 84.4 Å². The lowest BCUT2D eigenvalue weighted by molar-refractivity contribution is 1.24. The summed E-state index contributed by atoms with van der Waals surface area (Å²) in [6.07, 6.45) is 2.10. The van der Waals surface area contributed by atoms with Crippen LogP contribution in [0.25, 0.3) is 38.2 Å². The summed E-state index contributed by atoms with van der Waals surface area (Å²) in [4.78, 5) is 5.93. The van der Waals surface area contributed by atoms with Gasteiger partial charge in [0.2, 0.25) is 0 Å². The molecule has 2 nitrogen and oxygen atoms in total. The Kier molecular flexibility index (Phi) is 3.00. The van der Waals surface area contributed by atoms with Crippen LogP contribution in [-0.2, 0) is 0 Å². The predicted octanol–water partition coefficient (Wildman–Crippen LogP) is 5.88. The second-order valence-electron chi connectivity index (χ2n) is 5.79. The van der Waals surface area contributed by atoms with Crippen LogP contribution in [-0.4, -0.2) is 9.38 Å². The zero-order valence-electron chi connectivity index (χ0n) is 12.9. The average Bonchev–Trinajstić information content (AvgIpc) is 3.23. The molecule has 0 fully saturated rings. The minimum absolute atomic E-state index is 1.03. The number of imidazole rings is 1. The van der Waals surface area contributed by atoms with Crippen molar-refractivity contribution in [2.75, 3.05) is 0 Å². The Balaban J connectivity index is 1.81. The molecule has 0 aliphatic rings. The molecule has 0 atom stereocenters. The third kappa shape index (κ3) is 2.06. The van der Waals surface area contributed by atoms with Crippen LogP contribution >= 0.6 is 11.3 Å². The summed E-state index contributed by atoms with van der Waals surface area (Å²) in [6.45, 7) is 0. The summed E-state index contributed by atoms with van der Waals surface area (Å²) in [5.74, 6) is 0. The fraction of sp³-hybridized carbons (Fsp3) is 0. The summed E-state index contributed by atoms with van der Waals surface area (Å²) in [5.41, 5.74) is 4.54. The van der Waals surface area contributed by atoms with Gasteiger partial charge in [-0.25, -0.2) is 4.98 Å². The van der Waals surface area contributed by atoms with Gasteiger partial charge in [0.1, 0.15) is 0 Å². The minimum atomic E-state index is 1.03. The third-order valence-corrected chi connectivity index (χ3v) is 5.09. The maximum Gasteiger partial charge on any atom is 0.194 e. The molecule has 0 unspecified atom stereocenters. The van der Waals surface area contributed by atoms with Crippen molar-refractivity contribution in [3.8, 4) is 22.5 Å². The molecule has 0 amide bonds. The van der Waals surface area contributed by atoms with Crippen LogP contribution in [0, 0.1) is 0 Å². The highest BCUT2D eigenvalue weighted by molar-refractivity contribution is 7.15. The largest absolute Gasteiger partial charge is 0.290 e. The SMILES string of the molecule is c1ccc(-c2c(-c3ccc4ccccc4c3)nc3sccn23)cc1. The zero-order chi connectivity index (χ0) is 15.9. The van der Waals surface area contributed by atoms with E-state index in [-0.39, 0.29) is 0 Å². The van der Waals surface area contributed by atoms with Crippen LogP contribution in [0.2, 0.25) is 0 Å². The Morgan fingerprint density at radius 1 is 0.750 bits per heavy atom. The fourth-order valence-electron chi connectivity index (χ4n) is 3.20. The molecule has 0 bridgehead atoms. The van der Waals surface area contributed by atoms with Gasteiger partial charge in [-0.2, -0.15) is 0 Å². The molecular formula is C21H14N2S. The lowest BCUT2D eigenvalue weighted by Gasteiger charge is -2.06. The molecule has 3 aromatic carbocycles. The second-order valence-corrected chi connectivity index (χ2v) is 6.67. The van der Waals surface area contributed by atoms with Gasteiger partial charge < -0.3 is 0 Å². The Morgan fingerprint density at radius 3 is 2.42 bits per heavy atom. The van der Waals surface area contributed by atoms with Crippen molar-refractivity contribution < 1.29 is 0 Å². The van der Waals surface area contributed by atoms with Gasteiger partial charge in [-0.3, -0.25) is 4.40 Å². The first kappa shape index (κ1) is 13.5. The molecule has 3 heteroatoms. The molecule has 24 heavy (non-hydrogen) atoms. The van der Waals surface area contributed by atoms with E-state index >= 15 is 0 Å². The molecule has 0 spiro atoms. The number of aromatic nitrogens is 2. The number of hydrogen-bond donors (Lipinski definition) is 0. The van der Waals surface area contributed by atoms with Crippen LogP contribution < -0.4 is 0 Å². The quantitative estimate of drug-likeness (QED) is 0.396. The Morgan fingerprint density at radius 2 is 1.54 bits per heavy atom. The smallest absolute Gasteiger partial charge is 0.194 e. The predicted molar refractivity (Wildman–Crippen MR) is 101 cm³/mol. The summed E-state index contributed by atoms with van der Waals surface area (Å²) < 4.78 is 2.19. The monoisotopic (exact) mass is 326 g/mol. The van der Waals surface area contributed by atoms with Gasteiger partial charge in [0.05, 0.1) is 11.4 Å². The van der Waals surface area contributed by atoms with E-state index in [1.54, 1.807) is 11.3 Å². The molecular weight excluding hydrogens is 312 g/mol. The van der Waals surface area contributed by atoms with Gasteiger partial charge in [-0.05, 0) is 16.8 Å². The fourth-order valence-corrected chi connectivity index (χ4v) is 3.91. The second kappa shape index (κ2) is 5.32. The molecule has 2 heterocycles. The number of thiazole rings is 1. The average molecular weight is 326 g/mol. The van der Waals surface area contributed by atoms with E-state index in [1.165, 1.54) is 16.3 Å². The Hall–Kier alpha value is -2.91. The van der Waals surface area contributed by atoms with Gasteiger partial charge in [-0.15, -0.1) is 11.3 Å². The van der Waals surface area contributed by atoms with E-state index in [0.29, 0.717) is 0 Å². The molecule has 0 radical (unpaired) electrons. The third-order valence-electron chi connectivity index (χ3n) is 4.33. The van der Waals surface area contributed by atoms with E-state index in [0.717, 1.165) is 21.9 Å². The summed E-state index contributed by atoms with van der Waals surface area (Å²) in [6, 6.07) is 25.5. The summed E-state index contributed by atoms with van der Waals surface area (Å²) >= 11 is 1.67. The van der Waals surface area contributed by atoms with Gasteiger partial charge in [0.25, 0.3) is 0 Å². The van der Waals surface area contributed by atoms with Crippen LogP contribution in [0.5, 0.6) is 0 Å². The molecule has 0 aliphatic carbocycles. The molecule has 0 saturated carbocycles. The van der Waals surface area contributed by atoms with Gasteiger partial charge >= 0.3 is 0 Å². The summed E-state index contributed by atoms with van der Waals surface area (Å²) in [7, 11) is 0. The first-order valence-corrected chi connectivity index (χ1v) is 8.78. The molecule has 0 aliphatic heterocycles. The Labute approximate surface area is 143 Å². The standard InChI is InChI=1S/C21H14N2S/c1-2-7-16(8-3-1)20-19(22-21-23(20)12-13-24-21)18-11-10-15-6-4-5-9-17(15)14-18/h1-14H. The van der Waals surface area contributed by atoms with E-state index in [9.17, 15) is 0 Å². The maximum absolute atomic E-state index is 4.91. The van der Waals surface area contributed by atoms with Gasteiger partial charge in [0, 0.05) is 22.7 Å². The number of rotatable bonds is 2. The van der Waals surface area contributed by atoms with Crippen LogP contribution in [0.15, 0.2) is 84.4 Å². The normalized spacial score (nSPS) is 11.3. The van der Waals surface area contributed by atoms with Crippen LogP contribution in [0.1, 0.15) is 0 Å². The van der Waals surface area contributed by atoms with Crippen LogP contribution in [0.4, 0.5) is 0 Å². The van der Waals surface area contributed by atoms with Crippen molar-refractivity contribution in [2.24, 2.45) is 0 Å². The van der Waals surface area contributed by atoms with E-state index < -0.39 is 0 Å². The molecule has 2 aromatic heterocycles. The van der Waals surface area contributed by atoms with E-state index in [2.05, 4.69) is 82.7 Å². The molecule has 5 aromatic rings. The van der Waals surface area contributed by atoms with Crippen molar-refractivity contribution in [2.45, 2.75) is 0 Å². The maximum atomic E-state index is 4.91. The Bertz CT molecular complexity index is 1150. The van der Waals surface area contributed by atoms with Gasteiger partial charge in [0.15, 0.2) is 4.96 Å². The molecule has 0 N–H and O–H groups in total. The molecule has 0 saturated heterocycles. The highest BCUT2D eigenvalue weighted by Crippen LogP contribution is 2.35. The molecule has 5 rings (SSSR count). The first-order valence-electron chi connectivity index (χ1n) is 7.90. The first-order chi connectivity index (χ1) is 11.9. The highest BCUT2D eigenvalue weighted by atomic mass is 32.1. The van der Waals surface area contributed by atoms with Crippen molar-refractivity contribution in [1.29, 1.82) is 0 Å². The number of nitrogens with zero attached hydrogens (tertiary/aromatic N) is 2. The highest BCUT2D eigenvalue weighted by Gasteiger charge is 2.16. The molecule has 114 valence electrons. The van der Waals surface area contributed by atoms with Crippen LogP contribution in [0.3, 0.4) is 0 Å². The van der Waals surface area contributed by atoms with E-state index in [4.69, 9.17) is 4.98 Å². The number of fused-ring (bicyclic) bond motifs is 2. The minimum Gasteiger partial charge on any atom is -0.290 e. The van der Waals surface area contributed by atoms with Gasteiger partial charge in [-0.1, -0.05) is 66.7 Å². The lowest BCUT2D eigenvalue weighted by Crippen LogP contribution is -1.87. The van der Waals surface area contributed by atoms with E-state index in [1.807, 2.05) is 6.07 Å². The number of benzene rings is 3. The van der Waals surface area contributed by atoms with Crippen molar-refractivity contribution >= 4 is 27.1 Å². The van der Waals surface area contributed by atoms with Crippen molar-refractivity contribution in [1.82, 2.24) is 9.38 Å². The zero-order valence-corrected chi connectivity index (χ0v) is 13.7. The lowest BCUT2D eigenvalue weighted by atomic mass is 10.0. The summed E-state index contributed by atoms with van der Waals surface area (Å²) in [5, 5.41) is 4.58. The number of hydrogen-bond acceptors (Lipinski definition) is 2. The topological polar surface area (TPSA) is 17.3 Å². The van der Waals surface area contributed by atoms with Crippen molar-refractivity contribution in [3.63, 3.8) is 0 Å².